The van der Waals surface area contributed by atoms with Crippen LogP contribution in [0.25, 0.3) is 11.3 Å². The molecule has 2 aromatic rings. The fourth-order valence-corrected chi connectivity index (χ4v) is 2.54. The first kappa shape index (κ1) is 12.2. The van der Waals surface area contributed by atoms with Crippen molar-refractivity contribution in [3.63, 3.8) is 0 Å². The summed E-state index contributed by atoms with van der Waals surface area (Å²) in [6.45, 7) is 0. The lowest BCUT2D eigenvalue weighted by Gasteiger charge is -2.08. The highest BCUT2D eigenvalue weighted by molar-refractivity contribution is 9.10. The van der Waals surface area contributed by atoms with Gasteiger partial charge in [0.15, 0.2) is 12.0 Å². The largest absolute Gasteiger partial charge is 0.496 e. The molecule has 3 nitrogen and oxygen atoms in total. The molecule has 88 valence electrons. The van der Waals surface area contributed by atoms with E-state index in [1.54, 1.807) is 31.4 Å². The van der Waals surface area contributed by atoms with Gasteiger partial charge >= 0.3 is 0 Å². The lowest BCUT2D eigenvalue weighted by molar-refractivity contribution is 0.110. The van der Waals surface area contributed by atoms with Crippen LogP contribution < -0.4 is 4.74 Å². The summed E-state index contributed by atoms with van der Waals surface area (Å²) < 4.78 is 11.2. The molecule has 17 heavy (non-hydrogen) atoms. The number of rotatable bonds is 3. The number of hydrogen-bond acceptors (Lipinski definition) is 3. The van der Waals surface area contributed by atoms with Crippen molar-refractivity contribution in [3.05, 3.63) is 39.5 Å². The molecule has 0 saturated heterocycles. The zero-order valence-corrected chi connectivity index (χ0v) is 11.2. The van der Waals surface area contributed by atoms with Gasteiger partial charge in [-0.3, -0.25) is 4.79 Å². The second-order valence-corrected chi connectivity index (χ2v) is 4.46. The van der Waals surface area contributed by atoms with Crippen molar-refractivity contribution in [2.75, 3.05) is 7.11 Å². The summed E-state index contributed by atoms with van der Waals surface area (Å²) in [5.74, 6) is 1.42. The highest BCUT2D eigenvalue weighted by atomic mass is 79.9. The van der Waals surface area contributed by atoms with Crippen LogP contribution in [0.1, 0.15) is 10.6 Å². The summed E-state index contributed by atoms with van der Waals surface area (Å²) in [5.41, 5.74) is 0.666. The minimum atomic E-state index is 0.255. The molecule has 0 fully saturated rings. The molecular weight excluding hydrogens is 307 g/mol. The van der Waals surface area contributed by atoms with Crippen LogP contribution in [0.15, 0.2) is 33.2 Å². The topological polar surface area (TPSA) is 39.4 Å². The number of methoxy groups -OCH3 is 1. The number of furan rings is 1. The Kier molecular flexibility index (Phi) is 3.54. The maximum absolute atomic E-state index is 10.6. The normalized spacial score (nSPS) is 10.3. The number of carbonyl (C=O) groups is 1. The van der Waals surface area contributed by atoms with E-state index in [0.29, 0.717) is 32.9 Å². The van der Waals surface area contributed by atoms with Crippen LogP contribution in [0.4, 0.5) is 0 Å². The van der Waals surface area contributed by atoms with Gasteiger partial charge in [-0.25, -0.2) is 0 Å². The van der Waals surface area contributed by atoms with E-state index in [0.717, 1.165) is 0 Å². The summed E-state index contributed by atoms with van der Waals surface area (Å²) in [4.78, 5) is 10.6. The minimum Gasteiger partial charge on any atom is -0.496 e. The molecule has 0 N–H and O–H groups in total. The molecule has 0 atom stereocenters. The quantitative estimate of drug-likeness (QED) is 0.798. The third-order valence-electron chi connectivity index (χ3n) is 2.26. The van der Waals surface area contributed by atoms with E-state index in [4.69, 9.17) is 20.8 Å². The summed E-state index contributed by atoms with van der Waals surface area (Å²) in [6.07, 6.45) is 0.644. The van der Waals surface area contributed by atoms with Gasteiger partial charge in [0.2, 0.25) is 0 Å². The molecule has 0 spiro atoms. The predicted molar refractivity (Wildman–Crippen MR) is 68.8 cm³/mol. The summed E-state index contributed by atoms with van der Waals surface area (Å²) in [7, 11) is 1.57. The van der Waals surface area contributed by atoms with Crippen LogP contribution in [0, 0.1) is 0 Å². The lowest BCUT2D eigenvalue weighted by Crippen LogP contribution is -1.87. The number of carbonyl (C=O) groups excluding carboxylic acids is 1. The van der Waals surface area contributed by atoms with Crippen molar-refractivity contribution in [2.45, 2.75) is 0 Å². The average Bonchev–Trinajstić information content (AvgIpc) is 2.78. The van der Waals surface area contributed by atoms with Crippen LogP contribution >= 0.6 is 27.5 Å². The molecule has 0 aliphatic rings. The molecule has 0 radical (unpaired) electrons. The number of ether oxygens (including phenoxy) is 1. The van der Waals surface area contributed by atoms with Gasteiger partial charge in [-0.1, -0.05) is 11.6 Å². The van der Waals surface area contributed by atoms with Crippen molar-refractivity contribution >= 4 is 33.8 Å². The lowest BCUT2D eigenvalue weighted by atomic mass is 10.1. The van der Waals surface area contributed by atoms with E-state index in [1.807, 2.05) is 0 Å². The Morgan fingerprint density at radius 3 is 2.71 bits per heavy atom. The van der Waals surface area contributed by atoms with Crippen molar-refractivity contribution < 1.29 is 13.9 Å². The van der Waals surface area contributed by atoms with Crippen molar-refractivity contribution in [1.29, 1.82) is 0 Å². The van der Waals surface area contributed by atoms with Gasteiger partial charge in [0.1, 0.15) is 11.5 Å². The summed E-state index contributed by atoms with van der Waals surface area (Å²) in [6, 6.07) is 6.74. The standard InChI is InChI=1S/C12H8BrClO3/c1-16-10-5-3-8(14)11(12(10)13)9-4-2-7(6-15)17-9/h2-6H,1H3. The summed E-state index contributed by atoms with van der Waals surface area (Å²) in [5, 5.41) is 0.518. The van der Waals surface area contributed by atoms with Gasteiger partial charge < -0.3 is 9.15 Å². The number of halogens is 2. The number of aldehydes is 1. The average molecular weight is 316 g/mol. The Morgan fingerprint density at radius 2 is 2.12 bits per heavy atom. The first-order valence-electron chi connectivity index (χ1n) is 4.74. The van der Waals surface area contributed by atoms with E-state index in [2.05, 4.69) is 15.9 Å². The predicted octanol–water partition coefficient (Wildman–Crippen LogP) is 4.18. The Labute approximate surface area is 111 Å². The van der Waals surface area contributed by atoms with E-state index in [9.17, 15) is 4.79 Å². The molecule has 2 rings (SSSR count). The van der Waals surface area contributed by atoms with Crippen LogP contribution in [-0.4, -0.2) is 13.4 Å². The molecule has 0 aliphatic heterocycles. The first-order valence-corrected chi connectivity index (χ1v) is 5.92. The number of benzene rings is 1. The molecule has 1 aromatic carbocycles. The van der Waals surface area contributed by atoms with Gasteiger partial charge in [0.05, 0.1) is 22.2 Å². The molecular formula is C12H8BrClO3. The van der Waals surface area contributed by atoms with Crippen LogP contribution in [0.3, 0.4) is 0 Å². The Morgan fingerprint density at radius 1 is 1.35 bits per heavy atom. The van der Waals surface area contributed by atoms with Crippen molar-refractivity contribution in [3.8, 4) is 17.1 Å². The molecule has 0 saturated carbocycles. The molecule has 0 amide bonds. The van der Waals surface area contributed by atoms with Gasteiger partial charge in [0.25, 0.3) is 0 Å². The molecule has 1 heterocycles. The van der Waals surface area contributed by atoms with Crippen LogP contribution in [0.2, 0.25) is 5.02 Å². The highest BCUT2D eigenvalue weighted by Gasteiger charge is 2.15. The third kappa shape index (κ3) is 2.23. The first-order chi connectivity index (χ1) is 8.17. The highest BCUT2D eigenvalue weighted by Crippen LogP contribution is 2.41. The Hall–Kier alpha value is -1.26. The monoisotopic (exact) mass is 314 g/mol. The molecule has 1 aromatic heterocycles. The van der Waals surface area contributed by atoms with Crippen molar-refractivity contribution in [1.82, 2.24) is 0 Å². The minimum absolute atomic E-state index is 0.255. The summed E-state index contributed by atoms with van der Waals surface area (Å²) >= 11 is 9.51. The van der Waals surface area contributed by atoms with Crippen LogP contribution in [0.5, 0.6) is 5.75 Å². The zero-order chi connectivity index (χ0) is 12.4. The van der Waals surface area contributed by atoms with E-state index in [1.165, 1.54) is 0 Å². The van der Waals surface area contributed by atoms with Crippen LogP contribution in [-0.2, 0) is 0 Å². The maximum Gasteiger partial charge on any atom is 0.185 e. The fraction of sp³-hybridized carbons (Fsp3) is 0.0833. The molecule has 0 bridgehead atoms. The SMILES string of the molecule is COc1ccc(Cl)c(-c2ccc(C=O)o2)c1Br. The van der Waals surface area contributed by atoms with Gasteiger partial charge in [-0.15, -0.1) is 0 Å². The zero-order valence-electron chi connectivity index (χ0n) is 8.87. The van der Waals surface area contributed by atoms with E-state index in [-0.39, 0.29) is 5.76 Å². The molecule has 0 aliphatic carbocycles. The smallest absolute Gasteiger partial charge is 0.185 e. The van der Waals surface area contributed by atoms with E-state index < -0.39 is 0 Å². The van der Waals surface area contributed by atoms with Gasteiger partial charge in [-0.2, -0.15) is 0 Å². The maximum atomic E-state index is 10.6. The molecule has 5 heteroatoms. The van der Waals surface area contributed by atoms with Gasteiger partial charge in [0, 0.05) is 0 Å². The Balaban J connectivity index is 2.61. The van der Waals surface area contributed by atoms with Crippen molar-refractivity contribution in [2.24, 2.45) is 0 Å². The van der Waals surface area contributed by atoms with Gasteiger partial charge in [-0.05, 0) is 40.2 Å². The fourth-order valence-electron chi connectivity index (χ4n) is 1.47. The number of hydrogen-bond donors (Lipinski definition) is 0. The van der Waals surface area contributed by atoms with E-state index >= 15 is 0 Å². The third-order valence-corrected chi connectivity index (χ3v) is 3.37. The Bertz CT molecular complexity index is 563. The second-order valence-electron chi connectivity index (χ2n) is 3.26. The second kappa shape index (κ2) is 4.94. The molecule has 0 unspecified atom stereocenters.